The van der Waals surface area contributed by atoms with E-state index in [1.807, 2.05) is 0 Å². The summed E-state index contributed by atoms with van der Waals surface area (Å²) in [6.45, 7) is 4.14. The third-order valence-electron chi connectivity index (χ3n) is 4.76. The van der Waals surface area contributed by atoms with Crippen LogP contribution in [0.25, 0.3) is 0 Å². The molecule has 178 valence electrons. The lowest BCUT2D eigenvalue weighted by Gasteiger charge is -2.22. The van der Waals surface area contributed by atoms with Gasteiger partial charge in [0, 0.05) is 17.5 Å². The number of rotatable bonds is 6. The summed E-state index contributed by atoms with van der Waals surface area (Å²) in [5.74, 6) is -1.67. The molecule has 1 atom stereocenters. The molecule has 12 heteroatoms. The topological polar surface area (TPSA) is 143 Å². The van der Waals surface area contributed by atoms with Gasteiger partial charge in [0.05, 0.1) is 23.7 Å². The van der Waals surface area contributed by atoms with Gasteiger partial charge in [0.2, 0.25) is 10.0 Å². The molecule has 0 fully saturated rings. The smallest absolute Gasteiger partial charge is 0.273 e. The predicted octanol–water partition coefficient (Wildman–Crippen LogP) is 1.97. The molecule has 33 heavy (non-hydrogen) atoms. The van der Waals surface area contributed by atoms with E-state index in [4.69, 9.17) is 21.1 Å². The van der Waals surface area contributed by atoms with Crippen LogP contribution in [0.2, 0.25) is 5.02 Å². The lowest BCUT2D eigenvalue weighted by molar-refractivity contribution is -0.124. The molecule has 0 aromatic heterocycles. The van der Waals surface area contributed by atoms with Gasteiger partial charge in [-0.3, -0.25) is 20.4 Å². The van der Waals surface area contributed by atoms with Gasteiger partial charge in [-0.15, -0.1) is 0 Å². The second-order valence-corrected chi connectivity index (χ2v) is 9.76. The molecular formula is C21H24ClN3O7S. The Morgan fingerprint density at radius 1 is 1.03 bits per heavy atom. The number of fused-ring (bicyclic) bond motifs is 1. The number of ether oxygens (including phenoxy) is 2. The summed E-state index contributed by atoms with van der Waals surface area (Å²) in [7, 11) is -4.11. The number of nitrogens with one attached hydrogen (secondary N) is 3. The van der Waals surface area contributed by atoms with Crippen molar-refractivity contribution < 1.29 is 32.6 Å². The largest absolute Gasteiger partial charge is 0.507 e. The van der Waals surface area contributed by atoms with Crippen LogP contribution in [0.1, 0.15) is 30.6 Å². The van der Waals surface area contributed by atoms with E-state index in [0.29, 0.717) is 31.1 Å². The molecule has 2 aromatic carbocycles. The molecule has 10 nitrogen and oxygen atoms in total. The van der Waals surface area contributed by atoms with Crippen molar-refractivity contribution in [3.05, 3.63) is 47.0 Å². The molecular weight excluding hydrogens is 474 g/mol. The van der Waals surface area contributed by atoms with Crippen LogP contribution >= 0.6 is 11.6 Å². The van der Waals surface area contributed by atoms with E-state index < -0.39 is 33.8 Å². The van der Waals surface area contributed by atoms with E-state index in [2.05, 4.69) is 15.6 Å². The Kier molecular flexibility index (Phi) is 7.67. The average Bonchev–Trinajstić information content (AvgIpc) is 3.02. The molecule has 0 aliphatic carbocycles. The van der Waals surface area contributed by atoms with Crippen molar-refractivity contribution in [2.45, 2.75) is 31.2 Å². The van der Waals surface area contributed by atoms with Crippen LogP contribution in [-0.2, 0) is 14.8 Å². The molecule has 2 aromatic rings. The number of phenols is 1. The van der Waals surface area contributed by atoms with Crippen LogP contribution in [0.15, 0.2) is 41.3 Å². The summed E-state index contributed by atoms with van der Waals surface area (Å²) in [4.78, 5) is 24.9. The van der Waals surface area contributed by atoms with Crippen molar-refractivity contribution in [1.29, 1.82) is 0 Å². The van der Waals surface area contributed by atoms with E-state index in [1.54, 1.807) is 13.8 Å². The fourth-order valence-corrected chi connectivity index (χ4v) is 4.52. The number of benzene rings is 2. The maximum absolute atomic E-state index is 12.9. The van der Waals surface area contributed by atoms with Crippen molar-refractivity contribution in [2.75, 3.05) is 13.2 Å². The highest BCUT2D eigenvalue weighted by Crippen LogP contribution is 2.32. The lowest BCUT2D eigenvalue weighted by atomic mass is 10.1. The van der Waals surface area contributed by atoms with Crippen LogP contribution in [0.4, 0.5) is 0 Å². The SMILES string of the molecule is CC(C)C(NS(=O)(=O)c1ccc2c(c1)OCCCO2)C(=O)NNC(=O)c1cc(Cl)ccc1O. The fourth-order valence-electron chi connectivity index (χ4n) is 2.99. The molecule has 0 saturated heterocycles. The zero-order valence-corrected chi connectivity index (χ0v) is 19.5. The zero-order valence-electron chi connectivity index (χ0n) is 17.9. The van der Waals surface area contributed by atoms with E-state index in [-0.39, 0.29) is 21.2 Å². The zero-order chi connectivity index (χ0) is 24.2. The molecule has 1 aliphatic rings. The normalized spacial score (nSPS) is 14.3. The summed E-state index contributed by atoms with van der Waals surface area (Å²) >= 11 is 5.83. The summed E-state index contributed by atoms with van der Waals surface area (Å²) in [5, 5.41) is 10.0. The van der Waals surface area contributed by atoms with E-state index in [1.165, 1.54) is 36.4 Å². The maximum atomic E-state index is 12.9. The van der Waals surface area contributed by atoms with Gasteiger partial charge in [0.25, 0.3) is 11.8 Å². The summed E-state index contributed by atoms with van der Waals surface area (Å²) in [6.07, 6.45) is 0.670. The minimum absolute atomic E-state index is 0.0990. The highest BCUT2D eigenvalue weighted by molar-refractivity contribution is 7.89. The van der Waals surface area contributed by atoms with Gasteiger partial charge < -0.3 is 14.6 Å². The number of hydrazine groups is 1. The van der Waals surface area contributed by atoms with Crippen molar-refractivity contribution in [2.24, 2.45) is 5.92 Å². The maximum Gasteiger partial charge on any atom is 0.273 e. The number of hydrogen-bond donors (Lipinski definition) is 4. The first kappa shape index (κ1) is 24.6. The number of halogens is 1. The average molecular weight is 498 g/mol. The quantitative estimate of drug-likeness (QED) is 0.447. The molecule has 1 unspecified atom stereocenters. The lowest BCUT2D eigenvalue weighted by Crippen LogP contribution is -2.54. The molecule has 0 spiro atoms. The van der Waals surface area contributed by atoms with Gasteiger partial charge in [0.1, 0.15) is 11.8 Å². The fraction of sp³-hybridized carbons (Fsp3) is 0.333. The Morgan fingerprint density at radius 3 is 2.42 bits per heavy atom. The highest BCUT2D eigenvalue weighted by atomic mass is 35.5. The highest BCUT2D eigenvalue weighted by Gasteiger charge is 2.29. The van der Waals surface area contributed by atoms with Crippen molar-refractivity contribution >= 4 is 33.4 Å². The Labute approximate surface area is 196 Å². The van der Waals surface area contributed by atoms with Gasteiger partial charge in [-0.05, 0) is 36.2 Å². The summed E-state index contributed by atoms with van der Waals surface area (Å²) in [6, 6.07) is 6.84. The minimum Gasteiger partial charge on any atom is -0.507 e. The number of hydrogen-bond acceptors (Lipinski definition) is 7. The van der Waals surface area contributed by atoms with Gasteiger partial charge in [-0.2, -0.15) is 4.72 Å². The number of phenolic OH excluding ortho intramolecular Hbond substituents is 1. The Balaban J connectivity index is 1.72. The first-order valence-corrected chi connectivity index (χ1v) is 12.0. The van der Waals surface area contributed by atoms with Crippen LogP contribution in [0.3, 0.4) is 0 Å². The molecule has 3 rings (SSSR count). The van der Waals surface area contributed by atoms with Crippen molar-refractivity contribution in [3.63, 3.8) is 0 Å². The van der Waals surface area contributed by atoms with Crippen LogP contribution in [0, 0.1) is 5.92 Å². The molecule has 1 aliphatic heterocycles. The Hall–Kier alpha value is -3.02. The molecule has 0 bridgehead atoms. The first-order chi connectivity index (χ1) is 15.6. The van der Waals surface area contributed by atoms with Crippen LogP contribution in [0.5, 0.6) is 17.2 Å². The summed E-state index contributed by atoms with van der Waals surface area (Å²) in [5.41, 5.74) is 4.17. The van der Waals surface area contributed by atoms with Gasteiger partial charge in [-0.1, -0.05) is 25.4 Å². The van der Waals surface area contributed by atoms with Crippen LogP contribution < -0.4 is 25.0 Å². The second-order valence-electron chi connectivity index (χ2n) is 7.61. The third-order valence-corrected chi connectivity index (χ3v) is 6.44. The number of amides is 2. The minimum atomic E-state index is -4.11. The molecule has 1 heterocycles. The monoisotopic (exact) mass is 497 g/mol. The molecule has 4 N–H and O–H groups in total. The number of sulfonamides is 1. The number of carbonyl (C=O) groups excluding carboxylic acids is 2. The van der Waals surface area contributed by atoms with E-state index in [0.717, 1.165) is 0 Å². The van der Waals surface area contributed by atoms with Gasteiger partial charge in [0.15, 0.2) is 11.5 Å². The van der Waals surface area contributed by atoms with E-state index >= 15 is 0 Å². The van der Waals surface area contributed by atoms with Crippen molar-refractivity contribution in [3.8, 4) is 17.2 Å². The molecule has 0 saturated carbocycles. The second kappa shape index (κ2) is 10.3. The standard InChI is InChI=1S/C21H24ClN3O7S/c1-12(2)19(21(28)24-23-20(27)15-10-13(22)4-6-16(15)26)25-33(29,30)14-5-7-17-18(11-14)32-9-3-8-31-17/h4-7,10-12,19,25-26H,3,8-9H2,1-2H3,(H,23,27)(H,24,28). The Bertz CT molecular complexity index is 1150. The van der Waals surface area contributed by atoms with Gasteiger partial charge >= 0.3 is 0 Å². The predicted molar refractivity (Wildman–Crippen MR) is 120 cm³/mol. The van der Waals surface area contributed by atoms with E-state index in [9.17, 15) is 23.1 Å². The van der Waals surface area contributed by atoms with Crippen molar-refractivity contribution in [1.82, 2.24) is 15.6 Å². The third kappa shape index (κ3) is 6.06. The molecule has 2 amide bonds. The summed E-state index contributed by atoms with van der Waals surface area (Å²) < 4.78 is 39.3. The van der Waals surface area contributed by atoms with Crippen LogP contribution in [-0.4, -0.2) is 44.6 Å². The number of aromatic hydroxyl groups is 1. The first-order valence-electron chi connectivity index (χ1n) is 10.1. The number of carbonyl (C=O) groups is 2. The molecule has 0 radical (unpaired) electrons. The Morgan fingerprint density at radius 2 is 1.73 bits per heavy atom. The van der Waals surface area contributed by atoms with Gasteiger partial charge in [-0.25, -0.2) is 8.42 Å².